The molecular formula is C18H21N3O2S. The van der Waals surface area contributed by atoms with Crippen LogP contribution in [0, 0.1) is 6.92 Å². The molecular weight excluding hydrogens is 322 g/mol. The molecule has 3 rings (SSSR count). The van der Waals surface area contributed by atoms with Gasteiger partial charge in [-0.3, -0.25) is 9.48 Å². The van der Waals surface area contributed by atoms with Crippen LogP contribution in [0.3, 0.4) is 0 Å². The Morgan fingerprint density at radius 3 is 2.83 bits per heavy atom. The molecule has 0 saturated carbocycles. The number of hydrogen-bond acceptors (Lipinski definition) is 4. The van der Waals surface area contributed by atoms with Crippen molar-refractivity contribution in [3.05, 3.63) is 52.5 Å². The Morgan fingerprint density at radius 1 is 1.38 bits per heavy atom. The average molecular weight is 343 g/mol. The summed E-state index contributed by atoms with van der Waals surface area (Å²) in [7, 11) is 1.63. The van der Waals surface area contributed by atoms with E-state index in [2.05, 4.69) is 22.5 Å². The van der Waals surface area contributed by atoms with Crippen LogP contribution in [0.4, 0.5) is 0 Å². The highest BCUT2D eigenvalue weighted by atomic mass is 32.1. The number of ether oxygens (including phenoxy) is 1. The maximum Gasteiger partial charge on any atom is 0.261 e. The van der Waals surface area contributed by atoms with Crippen molar-refractivity contribution in [3.63, 3.8) is 0 Å². The van der Waals surface area contributed by atoms with Crippen molar-refractivity contribution < 1.29 is 9.53 Å². The van der Waals surface area contributed by atoms with Gasteiger partial charge in [-0.25, -0.2) is 0 Å². The van der Waals surface area contributed by atoms with Crippen LogP contribution in [-0.2, 0) is 11.3 Å². The Balaban J connectivity index is 1.85. The molecule has 0 saturated heterocycles. The molecule has 0 fully saturated rings. The molecule has 0 aliphatic heterocycles. The minimum atomic E-state index is -0.0635. The van der Waals surface area contributed by atoms with Gasteiger partial charge in [0, 0.05) is 18.5 Å². The van der Waals surface area contributed by atoms with Crippen molar-refractivity contribution in [1.29, 1.82) is 0 Å². The highest BCUT2D eigenvalue weighted by Gasteiger charge is 2.17. The minimum Gasteiger partial charge on any atom is -0.383 e. The average Bonchev–Trinajstić information content (AvgIpc) is 3.11. The second-order valence-corrected chi connectivity index (χ2v) is 6.92. The summed E-state index contributed by atoms with van der Waals surface area (Å²) in [6, 6.07) is 12.1. The molecule has 2 aromatic heterocycles. The number of nitrogens with zero attached hydrogens (tertiary/aromatic N) is 2. The van der Waals surface area contributed by atoms with Gasteiger partial charge in [-0.15, -0.1) is 11.3 Å². The van der Waals surface area contributed by atoms with Gasteiger partial charge < -0.3 is 10.1 Å². The van der Waals surface area contributed by atoms with Crippen LogP contribution in [0.25, 0.3) is 10.2 Å². The lowest BCUT2D eigenvalue weighted by atomic mass is 10.2. The molecule has 1 aromatic carbocycles. The number of amides is 1. The Kier molecular flexibility index (Phi) is 4.97. The third kappa shape index (κ3) is 3.49. The monoisotopic (exact) mass is 343 g/mol. The number of nitrogens with one attached hydrogen (secondary N) is 1. The smallest absolute Gasteiger partial charge is 0.261 e. The predicted molar refractivity (Wildman–Crippen MR) is 96.7 cm³/mol. The summed E-state index contributed by atoms with van der Waals surface area (Å²) in [5, 5.41) is 8.61. The van der Waals surface area contributed by atoms with E-state index in [1.807, 2.05) is 42.8 Å². The van der Waals surface area contributed by atoms with Gasteiger partial charge in [-0.05, 0) is 25.5 Å². The Bertz CT molecular complexity index is 839. The number of hydrogen-bond donors (Lipinski definition) is 1. The van der Waals surface area contributed by atoms with Gasteiger partial charge in [0.2, 0.25) is 0 Å². The number of thiophene rings is 1. The molecule has 1 N–H and O–H groups in total. The number of methoxy groups -OCH3 is 1. The van der Waals surface area contributed by atoms with Crippen LogP contribution >= 0.6 is 11.3 Å². The molecule has 0 aliphatic rings. The third-order valence-corrected chi connectivity index (χ3v) is 4.95. The van der Waals surface area contributed by atoms with Crippen LogP contribution in [0.5, 0.6) is 0 Å². The van der Waals surface area contributed by atoms with E-state index in [4.69, 9.17) is 4.74 Å². The fraction of sp³-hybridized carbons (Fsp3) is 0.333. The summed E-state index contributed by atoms with van der Waals surface area (Å²) in [5.74, 6) is -0.0635. The van der Waals surface area contributed by atoms with Gasteiger partial charge in [-0.1, -0.05) is 30.3 Å². The molecule has 126 valence electrons. The quantitative estimate of drug-likeness (QED) is 0.748. The Labute approximate surface area is 145 Å². The number of aryl methyl sites for hydroxylation is 1. The fourth-order valence-corrected chi connectivity index (χ4v) is 3.74. The van der Waals surface area contributed by atoms with Crippen molar-refractivity contribution in [2.24, 2.45) is 0 Å². The second kappa shape index (κ2) is 7.15. The first-order valence-electron chi connectivity index (χ1n) is 7.89. The van der Waals surface area contributed by atoms with Crippen molar-refractivity contribution in [3.8, 4) is 0 Å². The largest absolute Gasteiger partial charge is 0.383 e. The number of rotatable bonds is 6. The first-order valence-corrected chi connectivity index (χ1v) is 8.71. The summed E-state index contributed by atoms with van der Waals surface area (Å²) >= 11 is 1.48. The number of fused-ring (bicyclic) bond motifs is 1. The van der Waals surface area contributed by atoms with Crippen molar-refractivity contribution in [2.75, 3.05) is 13.7 Å². The second-order valence-electron chi connectivity index (χ2n) is 5.89. The zero-order chi connectivity index (χ0) is 17.1. The lowest BCUT2D eigenvalue weighted by Gasteiger charge is -2.11. The van der Waals surface area contributed by atoms with E-state index in [0.717, 1.165) is 15.9 Å². The van der Waals surface area contributed by atoms with Crippen LogP contribution in [0.15, 0.2) is 36.4 Å². The van der Waals surface area contributed by atoms with Crippen LogP contribution in [0.2, 0.25) is 0 Å². The van der Waals surface area contributed by atoms with E-state index in [-0.39, 0.29) is 11.9 Å². The zero-order valence-electron chi connectivity index (χ0n) is 14.1. The van der Waals surface area contributed by atoms with E-state index >= 15 is 0 Å². The third-order valence-electron chi connectivity index (χ3n) is 3.80. The van der Waals surface area contributed by atoms with E-state index in [1.165, 1.54) is 16.9 Å². The molecule has 0 radical (unpaired) electrons. The van der Waals surface area contributed by atoms with Crippen molar-refractivity contribution in [1.82, 2.24) is 15.1 Å². The minimum absolute atomic E-state index is 0.0189. The molecule has 3 aromatic rings. The molecule has 0 unspecified atom stereocenters. The maximum atomic E-state index is 12.4. The topological polar surface area (TPSA) is 56.1 Å². The fourth-order valence-electron chi connectivity index (χ4n) is 2.67. The summed E-state index contributed by atoms with van der Waals surface area (Å²) in [6.45, 7) is 5.10. The van der Waals surface area contributed by atoms with Crippen LogP contribution < -0.4 is 5.32 Å². The standard InChI is InChI=1S/C18H21N3O2S/c1-12(11-23-3)19-17(22)16-9-15-13(2)20-21(18(15)24-16)10-14-7-5-4-6-8-14/h4-9,12H,10-11H2,1-3H3,(H,19,22)/t12-/m0/s1. The van der Waals surface area contributed by atoms with Crippen LogP contribution in [0.1, 0.15) is 27.9 Å². The van der Waals surface area contributed by atoms with E-state index < -0.39 is 0 Å². The van der Waals surface area contributed by atoms with Gasteiger partial charge >= 0.3 is 0 Å². The normalized spacial score (nSPS) is 12.5. The summed E-state index contributed by atoms with van der Waals surface area (Å²) in [5.41, 5.74) is 2.14. The van der Waals surface area contributed by atoms with Gasteiger partial charge in [-0.2, -0.15) is 5.10 Å². The first-order chi connectivity index (χ1) is 11.6. The Hall–Kier alpha value is -2.18. The molecule has 1 atom stereocenters. The lowest BCUT2D eigenvalue weighted by molar-refractivity contribution is 0.0909. The summed E-state index contributed by atoms with van der Waals surface area (Å²) in [4.78, 5) is 14.1. The van der Waals surface area contributed by atoms with Gasteiger partial charge in [0.15, 0.2) is 0 Å². The van der Waals surface area contributed by atoms with Gasteiger partial charge in [0.25, 0.3) is 5.91 Å². The number of aromatic nitrogens is 2. The zero-order valence-corrected chi connectivity index (χ0v) is 14.9. The maximum absolute atomic E-state index is 12.4. The SMILES string of the molecule is COC[C@H](C)NC(=O)c1cc2c(C)nn(Cc3ccccc3)c2s1. The number of benzene rings is 1. The molecule has 0 spiro atoms. The highest BCUT2D eigenvalue weighted by molar-refractivity contribution is 7.20. The molecule has 0 bridgehead atoms. The molecule has 24 heavy (non-hydrogen) atoms. The van der Waals surface area contributed by atoms with Gasteiger partial charge in [0.1, 0.15) is 4.83 Å². The van der Waals surface area contributed by atoms with E-state index in [1.54, 1.807) is 7.11 Å². The molecule has 1 amide bonds. The van der Waals surface area contributed by atoms with Gasteiger partial charge in [0.05, 0.1) is 23.7 Å². The molecule has 5 nitrogen and oxygen atoms in total. The van der Waals surface area contributed by atoms with Crippen molar-refractivity contribution >= 4 is 27.5 Å². The summed E-state index contributed by atoms with van der Waals surface area (Å²) in [6.07, 6.45) is 0. The Morgan fingerprint density at radius 2 is 2.12 bits per heavy atom. The predicted octanol–water partition coefficient (Wildman–Crippen LogP) is 3.22. The lowest BCUT2D eigenvalue weighted by Crippen LogP contribution is -2.35. The van der Waals surface area contributed by atoms with Crippen molar-refractivity contribution in [2.45, 2.75) is 26.4 Å². The summed E-state index contributed by atoms with van der Waals surface area (Å²) < 4.78 is 7.04. The number of carbonyl (C=O) groups is 1. The van der Waals surface area contributed by atoms with E-state index in [9.17, 15) is 4.79 Å². The molecule has 2 heterocycles. The molecule has 0 aliphatic carbocycles. The van der Waals surface area contributed by atoms with Crippen LogP contribution in [-0.4, -0.2) is 35.4 Å². The first kappa shape index (κ1) is 16.7. The highest BCUT2D eigenvalue weighted by Crippen LogP contribution is 2.28. The molecule has 6 heteroatoms. The number of carbonyl (C=O) groups excluding carboxylic acids is 1. The van der Waals surface area contributed by atoms with E-state index in [0.29, 0.717) is 18.0 Å².